The summed E-state index contributed by atoms with van der Waals surface area (Å²) >= 11 is 0. The molecule has 2 aromatic heterocycles. The molecule has 2 rings (SSSR count). The molecule has 0 saturated carbocycles. The van der Waals surface area contributed by atoms with Crippen LogP contribution in [-0.2, 0) is 11.3 Å². The minimum absolute atomic E-state index is 0.529. The van der Waals surface area contributed by atoms with Gasteiger partial charge in [0.25, 0.3) is 0 Å². The highest BCUT2D eigenvalue weighted by atomic mass is 16.5. The Labute approximate surface area is 100 Å². The number of nitrogens with two attached hydrogens (primary N) is 1. The molecule has 0 atom stereocenters. The van der Waals surface area contributed by atoms with E-state index < -0.39 is 0 Å². The van der Waals surface area contributed by atoms with Gasteiger partial charge in [-0.3, -0.25) is 0 Å². The van der Waals surface area contributed by atoms with Crippen molar-refractivity contribution in [2.45, 2.75) is 13.0 Å². The average Bonchev–Trinajstić information content (AvgIpc) is 2.78. The van der Waals surface area contributed by atoms with Gasteiger partial charge in [-0.1, -0.05) is 0 Å². The maximum Gasteiger partial charge on any atom is 0.132 e. The van der Waals surface area contributed by atoms with E-state index in [4.69, 9.17) is 10.5 Å². The molecule has 0 aromatic carbocycles. The number of methoxy groups -OCH3 is 1. The van der Waals surface area contributed by atoms with Gasteiger partial charge in [-0.15, -0.1) is 0 Å². The largest absolute Gasteiger partial charge is 0.385 e. The summed E-state index contributed by atoms with van der Waals surface area (Å²) in [4.78, 5) is 8.24. The lowest BCUT2D eigenvalue weighted by atomic mass is 10.2. The molecule has 17 heavy (non-hydrogen) atoms. The van der Waals surface area contributed by atoms with Crippen LogP contribution in [0.5, 0.6) is 0 Å². The first-order valence-electron chi connectivity index (χ1n) is 5.53. The topological polar surface area (TPSA) is 66.0 Å². The third-order valence-electron chi connectivity index (χ3n) is 2.57. The van der Waals surface area contributed by atoms with Crippen molar-refractivity contribution in [3.63, 3.8) is 0 Å². The van der Waals surface area contributed by atoms with Crippen LogP contribution >= 0.6 is 0 Å². The molecule has 5 nitrogen and oxygen atoms in total. The Kier molecular flexibility index (Phi) is 3.72. The molecule has 2 heterocycles. The first-order valence-corrected chi connectivity index (χ1v) is 5.53. The molecular weight excluding hydrogens is 216 g/mol. The van der Waals surface area contributed by atoms with E-state index in [1.165, 1.54) is 0 Å². The first-order chi connectivity index (χ1) is 8.33. The van der Waals surface area contributed by atoms with E-state index in [9.17, 15) is 0 Å². The van der Waals surface area contributed by atoms with Crippen molar-refractivity contribution in [1.29, 1.82) is 0 Å². The van der Waals surface area contributed by atoms with E-state index in [0.717, 1.165) is 30.8 Å². The minimum atomic E-state index is 0.529. The Morgan fingerprint density at radius 2 is 2.35 bits per heavy atom. The number of aromatic nitrogens is 3. The fourth-order valence-corrected chi connectivity index (χ4v) is 1.74. The van der Waals surface area contributed by atoms with Crippen LogP contribution < -0.4 is 5.73 Å². The molecule has 2 aromatic rings. The zero-order chi connectivity index (χ0) is 12.1. The van der Waals surface area contributed by atoms with E-state index in [2.05, 4.69) is 14.5 Å². The van der Waals surface area contributed by atoms with Gasteiger partial charge >= 0.3 is 0 Å². The van der Waals surface area contributed by atoms with Crippen LogP contribution in [0.4, 0.5) is 5.82 Å². The molecule has 0 fully saturated rings. The van der Waals surface area contributed by atoms with Crippen molar-refractivity contribution in [2.24, 2.45) is 0 Å². The van der Waals surface area contributed by atoms with Crippen molar-refractivity contribution in [3.8, 4) is 11.3 Å². The maximum absolute atomic E-state index is 5.86. The zero-order valence-corrected chi connectivity index (χ0v) is 9.84. The van der Waals surface area contributed by atoms with Gasteiger partial charge in [-0.25, -0.2) is 9.97 Å². The standard InChI is InChI=1S/C12H16N4O/c1-17-7-3-6-16-9-14-8-11(16)10-4-2-5-15-12(10)13/h2,4-5,8-9H,3,6-7H2,1H3,(H2,13,15). The molecule has 0 bridgehead atoms. The van der Waals surface area contributed by atoms with Gasteiger partial charge in [0.15, 0.2) is 0 Å². The molecule has 0 spiro atoms. The number of nitrogen functional groups attached to an aromatic ring is 1. The highest BCUT2D eigenvalue weighted by Gasteiger charge is 2.08. The Balaban J connectivity index is 2.22. The third-order valence-corrected chi connectivity index (χ3v) is 2.57. The fraction of sp³-hybridized carbons (Fsp3) is 0.333. The van der Waals surface area contributed by atoms with E-state index in [-0.39, 0.29) is 0 Å². The first kappa shape index (κ1) is 11.6. The van der Waals surface area contributed by atoms with Crippen LogP contribution in [0.2, 0.25) is 0 Å². The van der Waals surface area contributed by atoms with Gasteiger partial charge in [0, 0.05) is 32.0 Å². The van der Waals surface area contributed by atoms with Crippen LogP contribution in [-0.4, -0.2) is 28.3 Å². The van der Waals surface area contributed by atoms with Gasteiger partial charge in [0.2, 0.25) is 0 Å². The molecule has 90 valence electrons. The van der Waals surface area contributed by atoms with E-state index in [0.29, 0.717) is 5.82 Å². The second-order valence-electron chi connectivity index (χ2n) is 3.75. The summed E-state index contributed by atoms with van der Waals surface area (Å²) in [7, 11) is 1.70. The second-order valence-corrected chi connectivity index (χ2v) is 3.75. The predicted octanol–water partition coefficient (Wildman–Crippen LogP) is 1.56. The average molecular weight is 232 g/mol. The summed E-state index contributed by atoms with van der Waals surface area (Å²) in [5, 5.41) is 0. The summed E-state index contributed by atoms with van der Waals surface area (Å²) in [6, 6.07) is 3.82. The van der Waals surface area contributed by atoms with Crippen LogP contribution in [0.1, 0.15) is 6.42 Å². The van der Waals surface area contributed by atoms with Gasteiger partial charge in [-0.05, 0) is 18.6 Å². The third kappa shape index (κ3) is 2.62. The minimum Gasteiger partial charge on any atom is -0.385 e. The number of ether oxygens (including phenoxy) is 1. The molecule has 0 aliphatic heterocycles. The SMILES string of the molecule is COCCCn1cncc1-c1cccnc1N. The molecule has 0 amide bonds. The van der Waals surface area contributed by atoms with Gasteiger partial charge in [-0.2, -0.15) is 0 Å². The highest BCUT2D eigenvalue weighted by molar-refractivity contribution is 5.70. The lowest BCUT2D eigenvalue weighted by Gasteiger charge is -2.09. The number of anilines is 1. The molecule has 0 saturated heterocycles. The van der Waals surface area contributed by atoms with Gasteiger partial charge in [0.1, 0.15) is 5.82 Å². The number of aryl methyl sites for hydroxylation is 1. The number of rotatable bonds is 5. The van der Waals surface area contributed by atoms with E-state index in [1.807, 2.05) is 12.1 Å². The summed E-state index contributed by atoms with van der Waals surface area (Å²) < 4.78 is 7.10. The van der Waals surface area contributed by atoms with Crippen molar-refractivity contribution in [3.05, 3.63) is 30.9 Å². The van der Waals surface area contributed by atoms with Crippen molar-refractivity contribution < 1.29 is 4.74 Å². The Morgan fingerprint density at radius 3 is 3.12 bits per heavy atom. The maximum atomic E-state index is 5.86. The number of hydrogen-bond acceptors (Lipinski definition) is 4. The van der Waals surface area contributed by atoms with Gasteiger partial charge in [0.05, 0.1) is 18.2 Å². The molecule has 0 radical (unpaired) electrons. The Hall–Kier alpha value is -1.88. The number of hydrogen-bond donors (Lipinski definition) is 1. The van der Waals surface area contributed by atoms with Crippen LogP contribution in [0.15, 0.2) is 30.9 Å². The molecule has 2 N–H and O–H groups in total. The lowest BCUT2D eigenvalue weighted by Crippen LogP contribution is -2.03. The predicted molar refractivity (Wildman–Crippen MR) is 66.4 cm³/mol. The number of nitrogens with zero attached hydrogens (tertiary/aromatic N) is 3. The molecule has 5 heteroatoms. The molecule has 0 unspecified atom stereocenters. The fourth-order valence-electron chi connectivity index (χ4n) is 1.74. The summed E-state index contributed by atoms with van der Waals surface area (Å²) in [5.74, 6) is 0.529. The Morgan fingerprint density at radius 1 is 1.47 bits per heavy atom. The highest BCUT2D eigenvalue weighted by Crippen LogP contribution is 2.23. The molecular formula is C12H16N4O. The van der Waals surface area contributed by atoms with Crippen LogP contribution in [0, 0.1) is 0 Å². The zero-order valence-electron chi connectivity index (χ0n) is 9.84. The smallest absolute Gasteiger partial charge is 0.132 e. The van der Waals surface area contributed by atoms with Gasteiger partial charge < -0.3 is 15.0 Å². The van der Waals surface area contributed by atoms with Crippen LogP contribution in [0.3, 0.4) is 0 Å². The van der Waals surface area contributed by atoms with Crippen molar-refractivity contribution in [2.75, 3.05) is 19.5 Å². The lowest BCUT2D eigenvalue weighted by molar-refractivity contribution is 0.190. The number of pyridine rings is 1. The van der Waals surface area contributed by atoms with E-state index >= 15 is 0 Å². The van der Waals surface area contributed by atoms with Crippen LogP contribution in [0.25, 0.3) is 11.3 Å². The second kappa shape index (κ2) is 5.45. The summed E-state index contributed by atoms with van der Waals surface area (Å²) in [5.41, 5.74) is 7.77. The quantitative estimate of drug-likeness (QED) is 0.794. The summed E-state index contributed by atoms with van der Waals surface area (Å²) in [6.45, 7) is 1.59. The van der Waals surface area contributed by atoms with Crippen molar-refractivity contribution >= 4 is 5.82 Å². The molecule has 0 aliphatic rings. The van der Waals surface area contributed by atoms with E-state index in [1.54, 1.807) is 25.8 Å². The molecule has 0 aliphatic carbocycles. The normalized spacial score (nSPS) is 10.6. The number of imidazole rings is 1. The van der Waals surface area contributed by atoms with Crippen molar-refractivity contribution in [1.82, 2.24) is 14.5 Å². The monoisotopic (exact) mass is 232 g/mol. The summed E-state index contributed by atoms with van der Waals surface area (Å²) in [6.07, 6.45) is 6.24. The Bertz CT molecular complexity index is 481.